The van der Waals surface area contributed by atoms with Gasteiger partial charge in [0.05, 0.1) is 24.7 Å². The highest BCUT2D eigenvalue weighted by Gasteiger charge is 2.31. The number of carbonyl (C=O) groups is 2. The summed E-state index contributed by atoms with van der Waals surface area (Å²) in [5, 5.41) is 3.87. The number of rotatable bonds is 5. The Kier molecular flexibility index (Phi) is 6.79. The van der Waals surface area contributed by atoms with Crippen LogP contribution < -0.4 is 10.1 Å². The summed E-state index contributed by atoms with van der Waals surface area (Å²) in [6, 6.07) is 4.16. The van der Waals surface area contributed by atoms with Gasteiger partial charge in [0.1, 0.15) is 45.1 Å². The number of anilines is 2. The second-order valence-corrected chi connectivity index (χ2v) is 10.2. The summed E-state index contributed by atoms with van der Waals surface area (Å²) < 4.78 is 30.5. The molecule has 11 heteroatoms. The molecule has 1 atom stereocenters. The van der Waals surface area contributed by atoms with Crippen molar-refractivity contribution in [3.05, 3.63) is 40.8 Å². The van der Waals surface area contributed by atoms with Gasteiger partial charge in [-0.15, -0.1) is 11.3 Å². The number of esters is 1. The molecule has 1 saturated heterocycles. The second-order valence-electron chi connectivity index (χ2n) is 9.17. The van der Waals surface area contributed by atoms with Gasteiger partial charge in [0.2, 0.25) is 0 Å². The third kappa shape index (κ3) is 5.45. The van der Waals surface area contributed by atoms with Crippen molar-refractivity contribution < 1.29 is 28.2 Å². The third-order valence-corrected chi connectivity index (χ3v) is 6.56. The van der Waals surface area contributed by atoms with Crippen molar-refractivity contribution in [1.82, 2.24) is 14.9 Å². The van der Waals surface area contributed by atoms with Gasteiger partial charge in [0, 0.05) is 19.0 Å². The van der Waals surface area contributed by atoms with Crippen LogP contribution in [0.3, 0.4) is 0 Å². The maximum atomic E-state index is 14.1. The Labute approximate surface area is 206 Å². The Morgan fingerprint density at radius 3 is 2.74 bits per heavy atom. The van der Waals surface area contributed by atoms with Crippen LogP contribution in [0.15, 0.2) is 24.5 Å². The number of aromatic nitrogens is 2. The summed E-state index contributed by atoms with van der Waals surface area (Å²) in [6.07, 6.45) is 1.24. The van der Waals surface area contributed by atoms with Crippen molar-refractivity contribution in [2.24, 2.45) is 0 Å². The van der Waals surface area contributed by atoms with E-state index in [0.717, 1.165) is 0 Å². The molecule has 1 fully saturated rings. The van der Waals surface area contributed by atoms with Crippen LogP contribution in [-0.2, 0) is 9.47 Å². The molecular formula is C24H27FN4O5S. The minimum absolute atomic E-state index is 0.286. The van der Waals surface area contributed by atoms with Crippen LogP contribution in [-0.4, -0.2) is 58.8 Å². The smallest absolute Gasteiger partial charge is 0.410 e. The van der Waals surface area contributed by atoms with E-state index in [1.807, 2.05) is 20.8 Å². The van der Waals surface area contributed by atoms with Crippen molar-refractivity contribution in [2.75, 3.05) is 25.5 Å². The molecule has 1 unspecified atom stereocenters. The lowest BCUT2D eigenvalue weighted by Gasteiger charge is -2.24. The summed E-state index contributed by atoms with van der Waals surface area (Å²) in [5.41, 5.74) is 0.590. The molecule has 2 aromatic heterocycles. The number of methoxy groups -OCH3 is 1. The molecule has 0 saturated carbocycles. The number of fused-ring (bicyclic) bond motifs is 1. The Bertz CT molecular complexity index is 1270. The van der Waals surface area contributed by atoms with E-state index < -0.39 is 23.5 Å². The number of carbonyl (C=O) groups excluding carboxylic acids is 2. The number of hydrogen-bond acceptors (Lipinski definition) is 9. The predicted molar refractivity (Wildman–Crippen MR) is 130 cm³/mol. The fourth-order valence-corrected chi connectivity index (χ4v) is 4.84. The Balaban J connectivity index is 1.57. The Morgan fingerprint density at radius 1 is 1.26 bits per heavy atom. The van der Waals surface area contributed by atoms with Gasteiger partial charge >= 0.3 is 12.1 Å². The zero-order valence-electron chi connectivity index (χ0n) is 20.2. The Hall–Kier alpha value is -3.47. The molecule has 186 valence electrons. The van der Waals surface area contributed by atoms with E-state index in [0.29, 0.717) is 51.7 Å². The van der Waals surface area contributed by atoms with E-state index in [1.54, 1.807) is 17.9 Å². The van der Waals surface area contributed by atoms with Crippen molar-refractivity contribution in [3.8, 4) is 5.75 Å². The standard InChI is InChI=1S/C24H27FN4O5S/c1-13-18-20(26-12-27-21(18)35-19(13)22(30)32-5)28-16-7-6-14(25)10-17(16)33-15-8-9-29(11-15)23(31)34-24(2,3)4/h6-7,10,12,15H,8-9,11H2,1-5H3,(H,26,27,28). The lowest BCUT2D eigenvalue weighted by Crippen LogP contribution is -2.36. The highest BCUT2D eigenvalue weighted by Crippen LogP contribution is 2.37. The fraction of sp³-hybridized carbons (Fsp3) is 0.417. The second kappa shape index (κ2) is 9.65. The molecule has 0 radical (unpaired) electrons. The first-order chi connectivity index (χ1) is 16.6. The average Bonchev–Trinajstić information content (AvgIpc) is 3.39. The maximum Gasteiger partial charge on any atom is 0.410 e. The van der Waals surface area contributed by atoms with Crippen LogP contribution in [0, 0.1) is 12.7 Å². The SMILES string of the molecule is COC(=O)c1sc2ncnc(Nc3ccc(F)cc3OC3CCN(C(=O)OC(C)(C)C)C3)c2c1C. The number of benzene rings is 1. The van der Waals surface area contributed by atoms with Crippen LogP contribution >= 0.6 is 11.3 Å². The Morgan fingerprint density at radius 2 is 2.03 bits per heavy atom. The lowest BCUT2D eigenvalue weighted by atomic mass is 10.2. The summed E-state index contributed by atoms with van der Waals surface area (Å²) in [5.74, 6) is -0.163. The molecule has 1 aliphatic rings. The zero-order valence-corrected chi connectivity index (χ0v) is 21.0. The molecule has 4 rings (SSSR count). The minimum Gasteiger partial charge on any atom is -0.486 e. The molecule has 0 aliphatic carbocycles. The molecule has 35 heavy (non-hydrogen) atoms. The summed E-state index contributed by atoms with van der Waals surface area (Å²) in [6.45, 7) is 8.04. The van der Waals surface area contributed by atoms with Gasteiger partial charge in [0.25, 0.3) is 0 Å². The van der Waals surface area contributed by atoms with Crippen molar-refractivity contribution in [3.63, 3.8) is 0 Å². The molecule has 9 nitrogen and oxygen atoms in total. The molecule has 3 heterocycles. The number of likely N-dealkylation sites (tertiary alicyclic amines) is 1. The molecule has 1 aliphatic heterocycles. The van der Waals surface area contributed by atoms with Gasteiger partial charge in [-0.1, -0.05) is 0 Å². The van der Waals surface area contributed by atoms with Gasteiger partial charge in [-0.05, 0) is 45.4 Å². The van der Waals surface area contributed by atoms with E-state index >= 15 is 0 Å². The highest BCUT2D eigenvalue weighted by atomic mass is 32.1. The number of thiophene rings is 1. The van der Waals surface area contributed by atoms with E-state index in [-0.39, 0.29) is 11.9 Å². The molecule has 1 aromatic carbocycles. The summed E-state index contributed by atoms with van der Waals surface area (Å²) in [7, 11) is 1.33. The monoisotopic (exact) mass is 502 g/mol. The van der Waals surface area contributed by atoms with Crippen molar-refractivity contribution >= 4 is 45.1 Å². The first-order valence-electron chi connectivity index (χ1n) is 11.1. The lowest BCUT2D eigenvalue weighted by molar-refractivity contribution is 0.0275. The number of hydrogen-bond donors (Lipinski definition) is 1. The van der Waals surface area contributed by atoms with Crippen LogP contribution in [0.2, 0.25) is 0 Å². The van der Waals surface area contributed by atoms with E-state index in [4.69, 9.17) is 14.2 Å². The van der Waals surface area contributed by atoms with Gasteiger partial charge in [-0.3, -0.25) is 0 Å². The van der Waals surface area contributed by atoms with Gasteiger partial charge in [-0.2, -0.15) is 0 Å². The third-order valence-electron chi connectivity index (χ3n) is 5.38. The van der Waals surface area contributed by atoms with Crippen LogP contribution in [0.5, 0.6) is 5.75 Å². The van der Waals surface area contributed by atoms with E-state index in [9.17, 15) is 14.0 Å². The van der Waals surface area contributed by atoms with Gasteiger partial charge in [0.15, 0.2) is 0 Å². The van der Waals surface area contributed by atoms with Crippen molar-refractivity contribution in [2.45, 2.75) is 45.8 Å². The first kappa shape index (κ1) is 24.6. The number of aryl methyl sites for hydroxylation is 1. The number of halogens is 1. The van der Waals surface area contributed by atoms with Gasteiger partial charge < -0.3 is 24.4 Å². The summed E-state index contributed by atoms with van der Waals surface area (Å²) >= 11 is 1.21. The van der Waals surface area contributed by atoms with Crippen LogP contribution in [0.25, 0.3) is 10.2 Å². The van der Waals surface area contributed by atoms with E-state index in [2.05, 4.69) is 15.3 Å². The molecule has 1 N–H and O–H groups in total. The molecule has 3 aromatic rings. The predicted octanol–water partition coefficient (Wildman–Crippen LogP) is 5.06. The van der Waals surface area contributed by atoms with Crippen molar-refractivity contribution in [1.29, 1.82) is 0 Å². The zero-order chi connectivity index (χ0) is 25.3. The topological polar surface area (TPSA) is 103 Å². The number of amides is 1. The molecule has 0 spiro atoms. The molecule has 0 bridgehead atoms. The largest absolute Gasteiger partial charge is 0.486 e. The number of nitrogens with one attached hydrogen (secondary N) is 1. The first-order valence-corrected chi connectivity index (χ1v) is 11.9. The number of nitrogens with zero attached hydrogens (tertiary/aromatic N) is 3. The average molecular weight is 503 g/mol. The quantitative estimate of drug-likeness (QED) is 0.483. The maximum absolute atomic E-state index is 14.1. The van der Waals surface area contributed by atoms with Crippen LogP contribution in [0.4, 0.5) is 20.7 Å². The number of ether oxygens (including phenoxy) is 3. The normalized spacial score (nSPS) is 15.8. The van der Waals surface area contributed by atoms with Crippen LogP contribution in [0.1, 0.15) is 42.4 Å². The molecular weight excluding hydrogens is 475 g/mol. The minimum atomic E-state index is -0.591. The summed E-state index contributed by atoms with van der Waals surface area (Å²) in [4.78, 5) is 35.8. The van der Waals surface area contributed by atoms with E-state index in [1.165, 1.54) is 36.9 Å². The fourth-order valence-electron chi connectivity index (χ4n) is 3.77. The highest BCUT2D eigenvalue weighted by molar-refractivity contribution is 7.20. The van der Waals surface area contributed by atoms with Gasteiger partial charge in [-0.25, -0.2) is 23.9 Å². The molecule has 1 amide bonds.